The number of anilines is 1. The van der Waals surface area contributed by atoms with E-state index in [0.29, 0.717) is 0 Å². The highest BCUT2D eigenvalue weighted by molar-refractivity contribution is 5.36. The van der Waals surface area contributed by atoms with Crippen molar-refractivity contribution in [1.29, 1.82) is 0 Å². The van der Waals surface area contributed by atoms with Crippen LogP contribution in [0.4, 0.5) is 5.82 Å². The maximum atomic E-state index is 11.2. The van der Waals surface area contributed by atoms with E-state index in [-0.39, 0.29) is 11.1 Å². The molecule has 1 aromatic heterocycles. The van der Waals surface area contributed by atoms with Crippen molar-refractivity contribution in [1.82, 2.24) is 14.9 Å². The molecule has 2 rings (SSSR count). The van der Waals surface area contributed by atoms with Gasteiger partial charge in [-0.25, -0.2) is 4.98 Å². The van der Waals surface area contributed by atoms with Crippen molar-refractivity contribution in [2.45, 2.75) is 24.8 Å². The zero-order chi connectivity index (χ0) is 12.5. The summed E-state index contributed by atoms with van der Waals surface area (Å²) in [6.45, 7) is 0.913. The molecule has 1 aliphatic carbocycles. The summed E-state index contributed by atoms with van der Waals surface area (Å²) in [6.07, 6.45) is 5.17. The van der Waals surface area contributed by atoms with Gasteiger partial charge < -0.3 is 14.8 Å². The van der Waals surface area contributed by atoms with Crippen LogP contribution >= 0.6 is 0 Å². The molecular weight excluding hydrogens is 216 g/mol. The molecule has 5 nitrogen and oxygen atoms in total. The fraction of sp³-hybridized carbons (Fsp3) is 0.667. The van der Waals surface area contributed by atoms with Crippen molar-refractivity contribution in [2.75, 3.05) is 32.6 Å². The molecule has 1 saturated carbocycles. The number of aromatic amines is 1. The predicted molar refractivity (Wildman–Crippen MR) is 68.4 cm³/mol. The summed E-state index contributed by atoms with van der Waals surface area (Å²) < 4.78 is 0. The monoisotopic (exact) mass is 236 g/mol. The Morgan fingerprint density at radius 2 is 2.12 bits per heavy atom. The molecule has 0 unspecified atom stereocenters. The van der Waals surface area contributed by atoms with Gasteiger partial charge >= 0.3 is 0 Å². The van der Waals surface area contributed by atoms with Gasteiger partial charge in [-0.3, -0.25) is 4.79 Å². The summed E-state index contributed by atoms with van der Waals surface area (Å²) in [5, 5.41) is 0. The summed E-state index contributed by atoms with van der Waals surface area (Å²) in [5.41, 5.74) is 0.147. The molecule has 1 aliphatic rings. The van der Waals surface area contributed by atoms with Gasteiger partial charge in [-0.1, -0.05) is 0 Å². The highest BCUT2D eigenvalue weighted by Crippen LogP contribution is 2.37. The number of nitrogens with zero attached hydrogens (tertiary/aromatic N) is 3. The summed E-state index contributed by atoms with van der Waals surface area (Å²) in [5.74, 6) is 0.738. The molecule has 94 valence electrons. The summed E-state index contributed by atoms with van der Waals surface area (Å²) in [4.78, 5) is 22.3. The normalized spacial score (nSPS) is 17.9. The highest BCUT2D eigenvalue weighted by atomic mass is 16.1. The molecular formula is C12H20N4O. The van der Waals surface area contributed by atoms with Crippen molar-refractivity contribution in [3.05, 3.63) is 22.7 Å². The minimum absolute atomic E-state index is 0.102. The molecule has 1 N–H and O–H groups in total. The minimum Gasteiger partial charge on any atom is -0.358 e. The molecule has 5 heteroatoms. The second-order valence-electron chi connectivity index (χ2n) is 5.10. The SMILES string of the molecule is CN(CC1(N(C)C)CCC1)c1cc(=O)[nH]cn1. The number of hydrogen-bond acceptors (Lipinski definition) is 4. The molecule has 1 fully saturated rings. The quantitative estimate of drug-likeness (QED) is 0.835. The van der Waals surface area contributed by atoms with Gasteiger partial charge in [0.15, 0.2) is 0 Å². The van der Waals surface area contributed by atoms with Crippen molar-refractivity contribution in [3.8, 4) is 0 Å². The second-order valence-corrected chi connectivity index (χ2v) is 5.10. The Labute approximate surface area is 101 Å². The number of hydrogen-bond donors (Lipinski definition) is 1. The van der Waals surface area contributed by atoms with Crippen molar-refractivity contribution < 1.29 is 0 Å². The lowest BCUT2D eigenvalue weighted by Crippen LogP contribution is -2.56. The van der Waals surface area contributed by atoms with Gasteiger partial charge in [0.25, 0.3) is 5.56 Å². The lowest BCUT2D eigenvalue weighted by molar-refractivity contribution is 0.0682. The molecule has 17 heavy (non-hydrogen) atoms. The smallest absolute Gasteiger partial charge is 0.252 e. The zero-order valence-corrected chi connectivity index (χ0v) is 10.7. The lowest BCUT2D eigenvalue weighted by Gasteiger charge is -2.49. The first-order valence-electron chi connectivity index (χ1n) is 5.97. The Hall–Kier alpha value is -1.36. The Morgan fingerprint density at radius 1 is 1.41 bits per heavy atom. The molecule has 1 heterocycles. The van der Waals surface area contributed by atoms with Gasteiger partial charge in [0, 0.05) is 25.2 Å². The van der Waals surface area contributed by atoms with E-state index in [1.165, 1.54) is 25.6 Å². The average Bonchev–Trinajstić information content (AvgIpc) is 2.22. The molecule has 0 bridgehead atoms. The topological polar surface area (TPSA) is 52.2 Å². The zero-order valence-electron chi connectivity index (χ0n) is 10.7. The highest BCUT2D eigenvalue weighted by Gasteiger charge is 2.40. The van der Waals surface area contributed by atoms with Crippen LogP contribution in [0.5, 0.6) is 0 Å². The largest absolute Gasteiger partial charge is 0.358 e. The third-order valence-corrected chi connectivity index (χ3v) is 3.82. The molecule has 0 aliphatic heterocycles. The van der Waals surface area contributed by atoms with Crippen molar-refractivity contribution in [3.63, 3.8) is 0 Å². The van der Waals surface area contributed by atoms with Crippen LogP contribution in [0.3, 0.4) is 0 Å². The summed E-state index contributed by atoms with van der Waals surface area (Å²) in [7, 11) is 6.24. The number of likely N-dealkylation sites (N-methyl/N-ethyl adjacent to an activating group) is 2. The molecule has 0 atom stereocenters. The van der Waals surface area contributed by atoms with Crippen LogP contribution in [-0.4, -0.2) is 48.1 Å². The Bertz CT molecular complexity index is 436. The molecule has 0 aromatic carbocycles. The van der Waals surface area contributed by atoms with Gasteiger partial charge in [0.05, 0.1) is 6.33 Å². The lowest BCUT2D eigenvalue weighted by atomic mass is 9.75. The van der Waals surface area contributed by atoms with Gasteiger partial charge in [0.2, 0.25) is 0 Å². The van der Waals surface area contributed by atoms with Crippen molar-refractivity contribution >= 4 is 5.82 Å². The molecule has 1 aromatic rings. The van der Waals surface area contributed by atoms with E-state index in [4.69, 9.17) is 0 Å². The first-order valence-corrected chi connectivity index (χ1v) is 5.97. The van der Waals surface area contributed by atoms with E-state index in [1.807, 2.05) is 7.05 Å². The first kappa shape index (κ1) is 12.1. The number of aromatic nitrogens is 2. The van der Waals surface area contributed by atoms with E-state index in [0.717, 1.165) is 12.4 Å². The molecule has 0 saturated heterocycles. The van der Waals surface area contributed by atoms with E-state index in [2.05, 4.69) is 33.9 Å². The fourth-order valence-electron chi connectivity index (χ4n) is 2.42. The van der Waals surface area contributed by atoms with E-state index in [1.54, 1.807) is 6.07 Å². The standard InChI is InChI=1S/C12H20N4O/c1-15(2)12(5-4-6-12)8-16(3)10-7-11(17)14-9-13-10/h7,9H,4-6,8H2,1-3H3,(H,13,14,17). The van der Waals surface area contributed by atoms with E-state index < -0.39 is 0 Å². The van der Waals surface area contributed by atoms with E-state index in [9.17, 15) is 4.79 Å². The van der Waals surface area contributed by atoms with Crippen LogP contribution < -0.4 is 10.5 Å². The Balaban J connectivity index is 2.11. The minimum atomic E-state index is -0.102. The van der Waals surface area contributed by atoms with Crippen LogP contribution in [0.25, 0.3) is 0 Å². The van der Waals surface area contributed by atoms with Gasteiger partial charge in [-0.15, -0.1) is 0 Å². The average molecular weight is 236 g/mol. The van der Waals surface area contributed by atoms with Crippen LogP contribution in [0.2, 0.25) is 0 Å². The number of rotatable bonds is 4. The number of H-pyrrole nitrogens is 1. The third kappa shape index (κ3) is 2.34. The Kier molecular flexibility index (Phi) is 3.19. The van der Waals surface area contributed by atoms with E-state index >= 15 is 0 Å². The summed E-state index contributed by atoms with van der Waals surface area (Å²) in [6, 6.07) is 1.54. The summed E-state index contributed by atoms with van der Waals surface area (Å²) >= 11 is 0. The maximum absolute atomic E-state index is 11.2. The van der Waals surface area contributed by atoms with Crippen LogP contribution in [0, 0.1) is 0 Å². The molecule has 0 spiro atoms. The van der Waals surface area contributed by atoms with Crippen LogP contribution in [-0.2, 0) is 0 Å². The van der Waals surface area contributed by atoms with Gasteiger partial charge in [-0.05, 0) is 33.4 Å². The van der Waals surface area contributed by atoms with Gasteiger partial charge in [0.1, 0.15) is 5.82 Å². The van der Waals surface area contributed by atoms with Crippen LogP contribution in [0.15, 0.2) is 17.2 Å². The first-order chi connectivity index (χ1) is 8.03. The van der Waals surface area contributed by atoms with Crippen molar-refractivity contribution in [2.24, 2.45) is 0 Å². The molecule has 0 amide bonds. The number of nitrogens with one attached hydrogen (secondary N) is 1. The Morgan fingerprint density at radius 3 is 2.59 bits per heavy atom. The van der Waals surface area contributed by atoms with Crippen LogP contribution in [0.1, 0.15) is 19.3 Å². The molecule has 0 radical (unpaired) electrons. The second kappa shape index (κ2) is 4.49. The van der Waals surface area contributed by atoms with Gasteiger partial charge in [-0.2, -0.15) is 0 Å². The third-order valence-electron chi connectivity index (χ3n) is 3.82. The fourth-order valence-corrected chi connectivity index (χ4v) is 2.42. The maximum Gasteiger partial charge on any atom is 0.252 e. The predicted octanol–water partition coefficient (Wildman–Crippen LogP) is 0.690.